The molecule has 0 heterocycles. The number of rotatable bonds is 6. The summed E-state index contributed by atoms with van der Waals surface area (Å²) < 4.78 is 0. The zero-order valence-corrected chi connectivity index (χ0v) is 11.7. The van der Waals surface area contributed by atoms with E-state index >= 15 is 0 Å². The number of carboxylic acid groups (broad SMARTS) is 1. The molecule has 2 unspecified atom stereocenters. The Labute approximate surface area is 109 Å². The molecule has 100 valence electrons. The van der Waals surface area contributed by atoms with Gasteiger partial charge in [-0.1, -0.05) is 43.2 Å². The summed E-state index contributed by atoms with van der Waals surface area (Å²) in [6.07, 6.45) is 2.01. The number of hydrogen-bond donors (Lipinski definition) is 2. The first-order valence-corrected chi connectivity index (χ1v) is 6.48. The van der Waals surface area contributed by atoms with E-state index in [1.54, 1.807) is 6.92 Å². The van der Waals surface area contributed by atoms with Crippen LogP contribution in [-0.4, -0.2) is 17.1 Å². The predicted molar refractivity (Wildman–Crippen MR) is 73.7 cm³/mol. The molecule has 3 heteroatoms. The maximum atomic E-state index is 11.6. The van der Waals surface area contributed by atoms with Crippen LogP contribution in [0, 0.1) is 6.92 Å². The van der Waals surface area contributed by atoms with E-state index in [2.05, 4.69) is 12.2 Å². The van der Waals surface area contributed by atoms with Crippen LogP contribution < -0.4 is 5.32 Å². The molecule has 0 radical (unpaired) electrons. The fourth-order valence-corrected chi connectivity index (χ4v) is 2.22. The summed E-state index contributed by atoms with van der Waals surface area (Å²) in [7, 11) is 0. The normalized spacial score (nSPS) is 16.0. The van der Waals surface area contributed by atoms with E-state index in [9.17, 15) is 9.90 Å². The first-order chi connectivity index (χ1) is 8.40. The van der Waals surface area contributed by atoms with Gasteiger partial charge in [-0.05, 0) is 32.8 Å². The fourth-order valence-electron chi connectivity index (χ4n) is 2.22. The smallest absolute Gasteiger partial charge is 0.328 e. The molecule has 0 amide bonds. The summed E-state index contributed by atoms with van der Waals surface area (Å²) in [6.45, 7) is 7.83. The highest BCUT2D eigenvalue weighted by Crippen LogP contribution is 2.23. The van der Waals surface area contributed by atoms with Gasteiger partial charge in [0.2, 0.25) is 0 Å². The van der Waals surface area contributed by atoms with E-state index in [1.807, 2.05) is 38.1 Å². The first-order valence-electron chi connectivity index (χ1n) is 6.48. The van der Waals surface area contributed by atoms with E-state index in [1.165, 1.54) is 0 Å². The van der Waals surface area contributed by atoms with E-state index in [4.69, 9.17) is 0 Å². The van der Waals surface area contributed by atoms with Crippen LogP contribution in [0.3, 0.4) is 0 Å². The summed E-state index contributed by atoms with van der Waals surface area (Å²) in [6, 6.07) is 7.85. The SMILES string of the molecule is CCCC(C)NC(C)(C(=O)O)c1cccc(C)c1. The molecule has 0 saturated carbocycles. The average molecular weight is 249 g/mol. The third-order valence-corrected chi connectivity index (χ3v) is 3.28. The van der Waals surface area contributed by atoms with Gasteiger partial charge in [0.1, 0.15) is 5.54 Å². The Morgan fingerprint density at radius 3 is 2.67 bits per heavy atom. The summed E-state index contributed by atoms with van der Waals surface area (Å²) in [4.78, 5) is 11.6. The lowest BCUT2D eigenvalue weighted by Crippen LogP contribution is -2.50. The van der Waals surface area contributed by atoms with Crippen LogP contribution in [0.25, 0.3) is 0 Å². The highest BCUT2D eigenvalue weighted by atomic mass is 16.4. The highest BCUT2D eigenvalue weighted by Gasteiger charge is 2.36. The topological polar surface area (TPSA) is 49.3 Å². The molecule has 18 heavy (non-hydrogen) atoms. The lowest BCUT2D eigenvalue weighted by molar-refractivity contribution is -0.145. The van der Waals surface area contributed by atoms with Crippen molar-refractivity contribution in [3.63, 3.8) is 0 Å². The molecule has 0 aromatic heterocycles. The Morgan fingerprint density at radius 1 is 1.50 bits per heavy atom. The highest BCUT2D eigenvalue weighted by molar-refractivity contribution is 5.80. The molecule has 0 bridgehead atoms. The second-order valence-corrected chi connectivity index (χ2v) is 5.13. The van der Waals surface area contributed by atoms with E-state index in [0.717, 1.165) is 24.0 Å². The number of nitrogens with one attached hydrogen (secondary N) is 1. The molecule has 1 aromatic rings. The van der Waals surface area contributed by atoms with Crippen LogP contribution in [0.1, 0.15) is 44.7 Å². The molecule has 3 nitrogen and oxygen atoms in total. The molecule has 0 saturated heterocycles. The van der Waals surface area contributed by atoms with Crippen molar-refractivity contribution in [2.75, 3.05) is 0 Å². The number of carbonyl (C=O) groups is 1. The number of carboxylic acids is 1. The molecule has 0 aliphatic heterocycles. The molecule has 1 aromatic carbocycles. The Hall–Kier alpha value is -1.35. The van der Waals surface area contributed by atoms with Gasteiger partial charge in [-0.3, -0.25) is 5.32 Å². The van der Waals surface area contributed by atoms with Crippen molar-refractivity contribution in [3.8, 4) is 0 Å². The molecule has 2 N–H and O–H groups in total. The monoisotopic (exact) mass is 249 g/mol. The zero-order chi connectivity index (χ0) is 13.8. The minimum atomic E-state index is -1.03. The predicted octanol–water partition coefficient (Wildman–Crippen LogP) is 3.07. The number of aliphatic carboxylic acids is 1. The Morgan fingerprint density at radius 2 is 2.17 bits per heavy atom. The first kappa shape index (κ1) is 14.7. The minimum absolute atomic E-state index is 0.177. The second kappa shape index (κ2) is 6.01. The standard InChI is InChI=1S/C15H23NO2/c1-5-7-12(3)16-15(4,14(17)18)13-9-6-8-11(2)10-13/h6,8-10,12,16H,5,7H2,1-4H3,(H,17,18). The third-order valence-electron chi connectivity index (χ3n) is 3.28. The van der Waals surface area contributed by atoms with Crippen LogP contribution in [0.5, 0.6) is 0 Å². The molecule has 0 fully saturated rings. The van der Waals surface area contributed by atoms with Crippen LogP contribution in [0.4, 0.5) is 0 Å². The molecule has 2 atom stereocenters. The summed E-state index contributed by atoms with van der Waals surface area (Å²) in [5.74, 6) is -0.837. The zero-order valence-electron chi connectivity index (χ0n) is 11.7. The van der Waals surface area contributed by atoms with Gasteiger partial charge in [0.15, 0.2) is 0 Å². The summed E-state index contributed by atoms with van der Waals surface area (Å²) >= 11 is 0. The van der Waals surface area contributed by atoms with Gasteiger partial charge >= 0.3 is 5.97 Å². The van der Waals surface area contributed by atoms with E-state index in [-0.39, 0.29) is 6.04 Å². The molecule has 0 spiro atoms. The molecule has 0 aliphatic carbocycles. The summed E-state index contributed by atoms with van der Waals surface area (Å²) in [5, 5.41) is 12.8. The average Bonchev–Trinajstić information content (AvgIpc) is 2.28. The van der Waals surface area contributed by atoms with Crippen molar-refractivity contribution in [3.05, 3.63) is 35.4 Å². The van der Waals surface area contributed by atoms with Crippen LogP contribution in [0.15, 0.2) is 24.3 Å². The largest absolute Gasteiger partial charge is 0.480 e. The van der Waals surface area contributed by atoms with Crippen molar-refractivity contribution in [1.29, 1.82) is 0 Å². The lowest BCUT2D eigenvalue weighted by atomic mass is 9.89. The maximum absolute atomic E-state index is 11.6. The van der Waals surface area contributed by atoms with Gasteiger partial charge in [-0.2, -0.15) is 0 Å². The van der Waals surface area contributed by atoms with Crippen LogP contribution in [-0.2, 0) is 10.3 Å². The van der Waals surface area contributed by atoms with Gasteiger partial charge < -0.3 is 5.11 Å². The van der Waals surface area contributed by atoms with Crippen molar-refractivity contribution in [2.24, 2.45) is 0 Å². The van der Waals surface area contributed by atoms with Gasteiger partial charge in [0.05, 0.1) is 0 Å². The molecule has 1 rings (SSSR count). The van der Waals surface area contributed by atoms with Gasteiger partial charge in [0.25, 0.3) is 0 Å². The number of hydrogen-bond acceptors (Lipinski definition) is 2. The van der Waals surface area contributed by atoms with Gasteiger partial charge in [-0.15, -0.1) is 0 Å². The van der Waals surface area contributed by atoms with Gasteiger partial charge in [0, 0.05) is 6.04 Å². The fraction of sp³-hybridized carbons (Fsp3) is 0.533. The Kier molecular flexibility index (Phi) is 4.91. The van der Waals surface area contributed by atoms with Crippen molar-refractivity contribution in [1.82, 2.24) is 5.32 Å². The third kappa shape index (κ3) is 3.33. The summed E-state index contributed by atoms with van der Waals surface area (Å²) in [5.41, 5.74) is 0.850. The molecular formula is C15H23NO2. The maximum Gasteiger partial charge on any atom is 0.328 e. The molecule has 0 aliphatic rings. The quantitative estimate of drug-likeness (QED) is 0.814. The van der Waals surface area contributed by atoms with Crippen molar-refractivity contribution in [2.45, 2.75) is 52.1 Å². The number of benzene rings is 1. The van der Waals surface area contributed by atoms with E-state index < -0.39 is 11.5 Å². The number of aryl methyl sites for hydroxylation is 1. The Bertz CT molecular complexity index is 417. The van der Waals surface area contributed by atoms with Crippen LogP contribution >= 0.6 is 0 Å². The van der Waals surface area contributed by atoms with Gasteiger partial charge in [-0.25, -0.2) is 4.79 Å². The van der Waals surface area contributed by atoms with Crippen molar-refractivity contribution >= 4 is 5.97 Å². The molecular weight excluding hydrogens is 226 g/mol. The van der Waals surface area contributed by atoms with Crippen LogP contribution in [0.2, 0.25) is 0 Å². The Balaban J connectivity index is 3.04. The lowest BCUT2D eigenvalue weighted by Gasteiger charge is -2.30. The van der Waals surface area contributed by atoms with E-state index in [0.29, 0.717) is 0 Å². The second-order valence-electron chi connectivity index (χ2n) is 5.13. The van der Waals surface area contributed by atoms with Crippen molar-refractivity contribution < 1.29 is 9.90 Å². The minimum Gasteiger partial charge on any atom is -0.480 e.